The molecule has 0 radical (unpaired) electrons. The van der Waals surface area contributed by atoms with E-state index in [9.17, 15) is 9.59 Å². The molecule has 7 heteroatoms. The summed E-state index contributed by atoms with van der Waals surface area (Å²) in [6.45, 7) is 3.73. The van der Waals surface area contributed by atoms with E-state index in [-0.39, 0.29) is 11.7 Å². The molecule has 1 aromatic heterocycles. The van der Waals surface area contributed by atoms with Crippen LogP contribution in [0.3, 0.4) is 0 Å². The van der Waals surface area contributed by atoms with Crippen molar-refractivity contribution in [3.8, 4) is 5.69 Å². The second-order valence-electron chi connectivity index (χ2n) is 6.09. The van der Waals surface area contributed by atoms with E-state index in [4.69, 9.17) is 5.73 Å². The van der Waals surface area contributed by atoms with Gasteiger partial charge in [0, 0.05) is 17.4 Å². The number of thioether (sulfide) groups is 1. The van der Waals surface area contributed by atoms with Crippen LogP contribution in [-0.4, -0.2) is 20.7 Å². The molecular formula is C20H20N4O2S. The van der Waals surface area contributed by atoms with E-state index >= 15 is 0 Å². The van der Waals surface area contributed by atoms with Crippen LogP contribution < -0.4 is 16.6 Å². The number of aromatic nitrogens is 2. The van der Waals surface area contributed by atoms with Crippen molar-refractivity contribution in [3.05, 3.63) is 76.6 Å². The fourth-order valence-electron chi connectivity index (χ4n) is 2.56. The molecule has 3 rings (SSSR count). The monoisotopic (exact) mass is 380 g/mol. The first-order valence-electron chi connectivity index (χ1n) is 8.43. The second kappa shape index (κ2) is 8.09. The molecular weight excluding hydrogens is 360 g/mol. The van der Waals surface area contributed by atoms with Gasteiger partial charge in [-0.05, 0) is 43.7 Å². The average molecular weight is 380 g/mol. The number of hydrogen-bond donors (Lipinski definition) is 2. The van der Waals surface area contributed by atoms with Crippen LogP contribution in [0.1, 0.15) is 12.5 Å². The van der Waals surface area contributed by atoms with Crippen molar-refractivity contribution in [2.24, 2.45) is 0 Å². The van der Waals surface area contributed by atoms with Crippen molar-refractivity contribution in [3.63, 3.8) is 0 Å². The summed E-state index contributed by atoms with van der Waals surface area (Å²) in [5.41, 5.74) is 8.21. The third kappa shape index (κ3) is 4.57. The van der Waals surface area contributed by atoms with Gasteiger partial charge in [-0.15, -0.1) is 0 Å². The highest BCUT2D eigenvalue weighted by atomic mass is 32.2. The van der Waals surface area contributed by atoms with Crippen LogP contribution in [0.5, 0.6) is 0 Å². The summed E-state index contributed by atoms with van der Waals surface area (Å²) in [7, 11) is 0. The average Bonchev–Trinajstić information content (AvgIpc) is 2.62. The SMILES string of the molecule is Cc1cccc(-n2c(N)cc(=O)nc2S[C@H](C)C(=O)Nc2ccccc2)c1. The third-order valence-corrected chi connectivity index (χ3v) is 4.93. The van der Waals surface area contributed by atoms with E-state index in [1.54, 1.807) is 11.5 Å². The predicted molar refractivity (Wildman–Crippen MR) is 109 cm³/mol. The van der Waals surface area contributed by atoms with Crippen molar-refractivity contribution in [2.75, 3.05) is 11.1 Å². The minimum atomic E-state index is -0.477. The van der Waals surface area contributed by atoms with E-state index in [1.807, 2.05) is 61.5 Å². The van der Waals surface area contributed by atoms with Crippen molar-refractivity contribution < 1.29 is 4.79 Å². The van der Waals surface area contributed by atoms with E-state index in [1.165, 1.54) is 17.8 Å². The molecule has 0 aliphatic rings. The Bertz CT molecular complexity index is 1020. The van der Waals surface area contributed by atoms with Gasteiger partial charge in [0.2, 0.25) is 5.91 Å². The normalized spacial score (nSPS) is 11.8. The van der Waals surface area contributed by atoms with Crippen molar-refractivity contribution in [2.45, 2.75) is 24.3 Å². The molecule has 138 valence electrons. The summed E-state index contributed by atoms with van der Waals surface area (Å²) in [6.07, 6.45) is 0. The molecule has 0 spiro atoms. The molecule has 6 nitrogen and oxygen atoms in total. The number of hydrogen-bond acceptors (Lipinski definition) is 5. The van der Waals surface area contributed by atoms with Crippen molar-refractivity contribution in [1.82, 2.24) is 9.55 Å². The maximum Gasteiger partial charge on any atom is 0.275 e. The zero-order chi connectivity index (χ0) is 19.4. The summed E-state index contributed by atoms with van der Waals surface area (Å²) >= 11 is 1.19. The van der Waals surface area contributed by atoms with Crippen LogP contribution in [0.4, 0.5) is 11.5 Å². The number of para-hydroxylation sites is 1. The summed E-state index contributed by atoms with van der Waals surface area (Å²) < 4.78 is 1.69. The van der Waals surface area contributed by atoms with Crippen molar-refractivity contribution >= 4 is 29.2 Å². The second-order valence-corrected chi connectivity index (χ2v) is 7.40. The number of nitrogens with two attached hydrogens (primary N) is 1. The molecule has 0 bridgehead atoms. The molecule has 0 unspecified atom stereocenters. The number of nitrogens with zero attached hydrogens (tertiary/aromatic N) is 2. The summed E-state index contributed by atoms with van der Waals surface area (Å²) in [4.78, 5) is 28.5. The van der Waals surface area contributed by atoms with Gasteiger partial charge in [0.1, 0.15) is 5.82 Å². The molecule has 0 saturated heterocycles. The molecule has 3 aromatic rings. The lowest BCUT2D eigenvalue weighted by Gasteiger charge is -2.17. The summed E-state index contributed by atoms with van der Waals surface area (Å²) in [5, 5.41) is 2.75. The topological polar surface area (TPSA) is 90.0 Å². The molecule has 3 N–H and O–H groups in total. The highest BCUT2D eigenvalue weighted by Crippen LogP contribution is 2.27. The first-order valence-corrected chi connectivity index (χ1v) is 9.31. The van der Waals surface area contributed by atoms with Crippen LogP contribution >= 0.6 is 11.8 Å². The summed E-state index contributed by atoms with van der Waals surface area (Å²) in [6, 6.07) is 18.2. The Morgan fingerprint density at radius 3 is 2.59 bits per heavy atom. The van der Waals surface area contributed by atoms with Gasteiger partial charge in [-0.3, -0.25) is 14.2 Å². The fourth-order valence-corrected chi connectivity index (χ4v) is 3.50. The first-order chi connectivity index (χ1) is 12.9. The largest absolute Gasteiger partial charge is 0.385 e. The molecule has 1 atom stereocenters. The first kappa shape index (κ1) is 18.7. The van der Waals surface area contributed by atoms with Gasteiger partial charge in [-0.2, -0.15) is 4.98 Å². The Labute approximate surface area is 161 Å². The molecule has 0 saturated carbocycles. The van der Waals surface area contributed by atoms with E-state index in [0.717, 1.165) is 11.3 Å². The number of carbonyl (C=O) groups excluding carboxylic acids is 1. The Morgan fingerprint density at radius 2 is 1.89 bits per heavy atom. The molecule has 1 amide bonds. The molecule has 0 aliphatic heterocycles. The maximum atomic E-state index is 12.5. The zero-order valence-corrected chi connectivity index (χ0v) is 15.9. The number of aryl methyl sites for hydroxylation is 1. The molecule has 27 heavy (non-hydrogen) atoms. The number of carbonyl (C=O) groups is 1. The maximum absolute atomic E-state index is 12.5. The highest BCUT2D eigenvalue weighted by Gasteiger charge is 2.19. The van der Waals surface area contributed by atoms with Gasteiger partial charge in [-0.25, -0.2) is 0 Å². The lowest BCUT2D eigenvalue weighted by molar-refractivity contribution is -0.115. The number of benzene rings is 2. The molecule has 1 heterocycles. The van der Waals surface area contributed by atoms with Gasteiger partial charge >= 0.3 is 0 Å². The number of rotatable bonds is 5. The lowest BCUT2D eigenvalue weighted by Crippen LogP contribution is -2.24. The molecule has 0 aliphatic carbocycles. The number of nitrogen functional groups attached to an aromatic ring is 1. The van der Waals surface area contributed by atoms with Crippen LogP contribution in [0, 0.1) is 6.92 Å². The highest BCUT2D eigenvalue weighted by molar-refractivity contribution is 8.00. The quantitative estimate of drug-likeness (QED) is 0.524. The number of amides is 1. The van der Waals surface area contributed by atoms with Crippen LogP contribution in [0.15, 0.2) is 70.6 Å². The Balaban J connectivity index is 1.90. The lowest BCUT2D eigenvalue weighted by atomic mass is 10.2. The Hall–Kier alpha value is -3.06. The van der Waals surface area contributed by atoms with Crippen LogP contribution in [0.2, 0.25) is 0 Å². The van der Waals surface area contributed by atoms with Crippen LogP contribution in [-0.2, 0) is 4.79 Å². The van der Waals surface area contributed by atoms with E-state index < -0.39 is 10.8 Å². The standard InChI is InChI=1S/C20H20N4O2S/c1-13-7-6-10-16(11-13)24-17(21)12-18(25)23-20(24)27-14(2)19(26)22-15-8-4-3-5-9-15/h3-12,14H,21H2,1-2H3,(H,22,26)/t14-/m1/s1. The van der Waals surface area contributed by atoms with Crippen molar-refractivity contribution in [1.29, 1.82) is 0 Å². The minimum absolute atomic E-state index is 0.182. The Kier molecular flexibility index (Phi) is 5.61. The predicted octanol–water partition coefficient (Wildman–Crippen LogP) is 3.24. The minimum Gasteiger partial charge on any atom is -0.385 e. The van der Waals surface area contributed by atoms with Gasteiger partial charge in [0.05, 0.1) is 5.25 Å². The van der Waals surface area contributed by atoms with E-state index in [2.05, 4.69) is 10.3 Å². The zero-order valence-electron chi connectivity index (χ0n) is 15.0. The summed E-state index contributed by atoms with van der Waals surface area (Å²) in [5.74, 6) is 0.0948. The smallest absolute Gasteiger partial charge is 0.275 e. The van der Waals surface area contributed by atoms with Gasteiger partial charge in [-0.1, -0.05) is 42.1 Å². The number of anilines is 2. The third-order valence-electron chi connectivity index (χ3n) is 3.88. The van der Waals surface area contributed by atoms with Gasteiger partial charge in [0.25, 0.3) is 5.56 Å². The van der Waals surface area contributed by atoms with E-state index in [0.29, 0.717) is 10.8 Å². The Morgan fingerprint density at radius 1 is 1.15 bits per heavy atom. The molecule has 0 fully saturated rings. The number of nitrogens with one attached hydrogen (secondary N) is 1. The van der Waals surface area contributed by atoms with Crippen LogP contribution in [0.25, 0.3) is 5.69 Å². The van der Waals surface area contributed by atoms with Gasteiger partial charge < -0.3 is 11.1 Å². The fraction of sp³-hybridized carbons (Fsp3) is 0.150. The van der Waals surface area contributed by atoms with Gasteiger partial charge in [0.15, 0.2) is 5.16 Å². The molecule has 2 aromatic carbocycles.